The second-order valence-electron chi connectivity index (χ2n) is 10.1. The molecule has 0 atom stereocenters. The maximum absolute atomic E-state index is 5.16. The van der Waals surface area contributed by atoms with E-state index in [1.165, 1.54) is 10.8 Å². The zero-order valence-electron chi connectivity index (χ0n) is 21.6. The van der Waals surface area contributed by atoms with Crippen LogP contribution in [0.3, 0.4) is 0 Å². The topological polar surface area (TPSA) is 38.7 Å². The molecule has 0 aliphatic heterocycles. The average molecular weight is 510 g/mol. The Labute approximate surface area is 231 Å². The van der Waals surface area contributed by atoms with Crippen molar-refractivity contribution in [2.24, 2.45) is 0 Å². The molecule has 0 unspecified atom stereocenters. The van der Waals surface area contributed by atoms with Crippen LogP contribution in [0.1, 0.15) is 0 Å². The maximum Gasteiger partial charge on any atom is 0.164 e. The minimum Gasteiger partial charge on any atom is -0.208 e. The molecule has 0 fully saturated rings. The first-order valence-electron chi connectivity index (χ1n) is 13.5. The third-order valence-corrected chi connectivity index (χ3v) is 7.71. The third kappa shape index (κ3) is 3.63. The molecular weight excluding hydrogens is 486 g/mol. The highest BCUT2D eigenvalue weighted by Crippen LogP contribution is 2.36. The minimum atomic E-state index is 0.668. The molecule has 0 N–H and O–H groups in total. The van der Waals surface area contributed by atoms with E-state index < -0.39 is 0 Å². The molecule has 186 valence electrons. The van der Waals surface area contributed by atoms with Crippen molar-refractivity contribution in [3.8, 4) is 34.2 Å². The number of benzene rings is 7. The van der Waals surface area contributed by atoms with Crippen LogP contribution in [-0.4, -0.2) is 15.0 Å². The van der Waals surface area contributed by atoms with Crippen molar-refractivity contribution in [2.75, 3.05) is 0 Å². The van der Waals surface area contributed by atoms with Gasteiger partial charge in [-0.2, -0.15) is 0 Å². The quantitative estimate of drug-likeness (QED) is 0.223. The van der Waals surface area contributed by atoms with Gasteiger partial charge in [-0.25, -0.2) is 15.0 Å². The summed E-state index contributed by atoms with van der Waals surface area (Å²) in [5.41, 5.74) is 2.99. The smallest absolute Gasteiger partial charge is 0.164 e. The molecule has 0 spiro atoms. The van der Waals surface area contributed by atoms with Crippen LogP contribution in [-0.2, 0) is 0 Å². The highest BCUT2D eigenvalue weighted by atomic mass is 15.0. The normalized spacial score (nSPS) is 11.5. The van der Waals surface area contributed by atoms with Gasteiger partial charge in [0.2, 0.25) is 0 Å². The summed E-state index contributed by atoms with van der Waals surface area (Å²) in [5.74, 6) is 2.01. The maximum atomic E-state index is 5.16. The number of nitrogens with zero attached hydrogens (tertiary/aromatic N) is 3. The van der Waals surface area contributed by atoms with Crippen LogP contribution in [0.25, 0.3) is 77.3 Å². The lowest BCUT2D eigenvalue weighted by molar-refractivity contribution is 1.08. The van der Waals surface area contributed by atoms with Gasteiger partial charge in [-0.15, -0.1) is 0 Å². The molecule has 0 aliphatic rings. The average Bonchev–Trinajstić information content (AvgIpc) is 3.03. The molecule has 0 saturated carbocycles. The monoisotopic (exact) mass is 509 g/mol. The predicted octanol–water partition coefficient (Wildman–Crippen LogP) is 9.49. The van der Waals surface area contributed by atoms with Crippen molar-refractivity contribution >= 4 is 43.1 Å². The van der Waals surface area contributed by atoms with E-state index in [1.807, 2.05) is 0 Å². The van der Waals surface area contributed by atoms with Crippen LogP contribution in [0.2, 0.25) is 0 Å². The number of fused-ring (bicyclic) bond motifs is 5. The van der Waals surface area contributed by atoms with E-state index in [2.05, 4.69) is 140 Å². The van der Waals surface area contributed by atoms with E-state index in [1.54, 1.807) is 0 Å². The first-order valence-corrected chi connectivity index (χ1v) is 13.5. The van der Waals surface area contributed by atoms with Crippen molar-refractivity contribution < 1.29 is 0 Å². The molecular formula is C37H23N3. The zero-order valence-corrected chi connectivity index (χ0v) is 21.6. The standard InChI is InChI=1S/C37H23N3/c1-4-16-27-24(11-1)14-9-21-32(27)35-38-36(33-22-10-15-25-12-2-5-17-28(25)33)40-37(39-35)34-23-26-13-3-6-18-29(26)30-19-7-8-20-31(30)34/h1-23H. The SMILES string of the molecule is c1ccc2c(-c3nc(-c4cccc5ccccc45)nc(-c4cc5ccccc5c5ccccc45)n3)cccc2c1. The molecule has 0 aliphatic carbocycles. The zero-order chi connectivity index (χ0) is 26.5. The lowest BCUT2D eigenvalue weighted by Gasteiger charge is -2.14. The van der Waals surface area contributed by atoms with Gasteiger partial charge < -0.3 is 0 Å². The molecule has 0 radical (unpaired) electrons. The van der Waals surface area contributed by atoms with Crippen molar-refractivity contribution in [1.82, 2.24) is 15.0 Å². The van der Waals surface area contributed by atoms with Crippen LogP contribution in [0.4, 0.5) is 0 Å². The molecule has 0 saturated heterocycles. The molecule has 0 amide bonds. The summed E-state index contributed by atoms with van der Waals surface area (Å²) in [5, 5.41) is 9.25. The Hall–Kier alpha value is -5.41. The van der Waals surface area contributed by atoms with E-state index in [4.69, 9.17) is 15.0 Å². The molecule has 8 aromatic rings. The number of aromatic nitrogens is 3. The first-order chi connectivity index (χ1) is 19.8. The Morgan fingerprint density at radius 1 is 0.275 bits per heavy atom. The highest BCUT2D eigenvalue weighted by molar-refractivity contribution is 6.13. The van der Waals surface area contributed by atoms with Gasteiger partial charge in [0, 0.05) is 16.7 Å². The Morgan fingerprint density at radius 3 is 1.25 bits per heavy atom. The van der Waals surface area contributed by atoms with Crippen LogP contribution in [0, 0.1) is 0 Å². The number of hydrogen-bond acceptors (Lipinski definition) is 3. The summed E-state index contributed by atoms with van der Waals surface area (Å²) in [6.45, 7) is 0. The van der Waals surface area contributed by atoms with Crippen LogP contribution in [0.15, 0.2) is 140 Å². The molecule has 3 heteroatoms. The fraction of sp³-hybridized carbons (Fsp3) is 0. The van der Waals surface area contributed by atoms with Crippen LogP contribution < -0.4 is 0 Å². The van der Waals surface area contributed by atoms with Crippen molar-refractivity contribution in [3.05, 3.63) is 140 Å². The molecule has 0 bridgehead atoms. The summed E-state index contributed by atoms with van der Waals surface area (Å²) in [4.78, 5) is 15.4. The van der Waals surface area contributed by atoms with Gasteiger partial charge in [0.25, 0.3) is 0 Å². The van der Waals surface area contributed by atoms with Crippen LogP contribution in [0.5, 0.6) is 0 Å². The van der Waals surface area contributed by atoms with Gasteiger partial charge in [-0.05, 0) is 49.2 Å². The summed E-state index contributed by atoms with van der Waals surface area (Å²) in [7, 11) is 0. The van der Waals surface area contributed by atoms with Crippen LogP contribution >= 0.6 is 0 Å². The Kier molecular flexibility index (Phi) is 5.14. The third-order valence-electron chi connectivity index (χ3n) is 7.71. The van der Waals surface area contributed by atoms with Gasteiger partial charge in [-0.3, -0.25) is 0 Å². The number of rotatable bonds is 3. The molecule has 3 nitrogen and oxygen atoms in total. The number of hydrogen-bond donors (Lipinski definition) is 0. The van der Waals surface area contributed by atoms with E-state index >= 15 is 0 Å². The van der Waals surface area contributed by atoms with E-state index in [-0.39, 0.29) is 0 Å². The lowest BCUT2D eigenvalue weighted by Crippen LogP contribution is -2.01. The second kappa shape index (κ2) is 9.11. The summed E-state index contributed by atoms with van der Waals surface area (Å²) >= 11 is 0. The summed E-state index contributed by atoms with van der Waals surface area (Å²) in [6, 6.07) is 48.6. The lowest BCUT2D eigenvalue weighted by atomic mass is 9.96. The molecule has 1 heterocycles. The molecule has 8 rings (SSSR count). The van der Waals surface area contributed by atoms with Crippen molar-refractivity contribution in [3.63, 3.8) is 0 Å². The summed E-state index contributed by atoms with van der Waals surface area (Å²) in [6.07, 6.45) is 0. The van der Waals surface area contributed by atoms with Gasteiger partial charge >= 0.3 is 0 Å². The van der Waals surface area contributed by atoms with Gasteiger partial charge in [-0.1, -0.05) is 133 Å². The fourth-order valence-electron chi connectivity index (χ4n) is 5.82. The van der Waals surface area contributed by atoms with Gasteiger partial charge in [0.1, 0.15) is 0 Å². The molecule has 40 heavy (non-hydrogen) atoms. The minimum absolute atomic E-state index is 0.668. The molecule has 1 aromatic heterocycles. The second-order valence-corrected chi connectivity index (χ2v) is 10.1. The van der Waals surface area contributed by atoms with E-state index in [9.17, 15) is 0 Å². The van der Waals surface area contributed by atoms with E-state index in [0.717, 1.165) is 49.0 Å². The van der Waals surface area contributed by atoms with Gasteiger partial charge in [0.05, 0.1) is 0 Å². The molecule has 7 aromatic carbocycles. The van der Waals surface area contributed by atoms with Crippen molar-refractivity contribution in [2.45, 2.75) is 0 Å². The van der Waals surface area contributed by atoms with E-state index in [0.29, 0.717) is 17.5 Å². The highest BCUT2D eigenvalue weighted by Gasteiger charge is 2.17. The fourth-order valence-corrected chi connectivity index (χ4v) is 5.82. The Balaban J connectivity index is 1.48. The summed E-state index contributed by atoms with van der Waals surface area (Å²) < 4.78 is 0. The predicted molar refractivity (Wildman–Crippen MR) is 166 cm³/mol. The first kappa shape index (κ1) is 22.6. The van der Waals surface area contributed by atoms with Crippen molar-refractivity contribution in [1.29, 1.82) is 0 Å². The largest absolute Gasteiger partial charge is 0.208 e. The Bertz CT molecular complexity index is 2120. The Morgan fingerprint density at radius 2 is 0.675 bits per heavy atom. The van der Waals surface area contributed by atoms with Gasteiger partial charge in [0.15, 0.2) is 17.5 Å².